The highest BCUT2D eigenvalue weighted by Crippen LogP contribution is 2.16. The van der Waals surface area contributed by atoms with E-state index in [1.165, 1.54) is 0 Å². The van der Waals surface area contributed by atoms with Crippen LogP contribution in [0.3, 0.4) is 0 Å². The van der Waals surface area contributed by atoms with E-state index < -0.39 is 5.97 Å². The van der Waals surface area contributed by atoms with Gasteiger partial charge in [0.25, 0.3) is 5.82 Å². The summed E-state index contributed by atoms with van der Waals surface area (Å²) in [5.74, 6) is -0.562. The lowest BCUT2D eigenvalue weighted by Gasteiger charge is -2.07. The van der Waals surface area contributed by atoms with E-state index >= 15 is 0 Å². The van der Waals surface area contributed by atoms with Gasteiger partial charge in [0.05, 0.1) is 5.69 Å². The van der Waals surface area contributed by atoms with E-state index in [9.17, 15) is 4.79 Å². The van der Waals surface area contributed by atoms with Crippen molar-refractivity contribution >= 4 is 5.97 Å². The van der Waals surface area contributed by atoms with E-state index in [0.717, 1.165) is 23.2 Å². The van der Waals surface area contributed by atoms with Crippen LogP contribution in [-0.4, -0.2) is 25.8 Å². The van der Waals surface area contributed by atoms with Crippen LogP contribution in [-0.2, 0) is 6.42 Å². The third-order valence-electron chi connectivity index (χ3n) is 2.79. The quantitative estimate of drug-likeness (QED) is 0.916. The van der Waals surface area contributed by atoms with E-state index in [2.05, 4.69) is 16.1 Å². The molecule has 0 radical (unpaired) electrons. The normalized spacial score (nSPS) is 10.7. The fourth-order valence-corrected chi connectivity index (χ4v) is 2.10. The molecule has 1 heterocycles. The highest BCUT2D eigenvalue weighted by molar-refractivity contribution is 5.83. The molecule has 2 aromatic rings. The first-order chi connectivity index (χ1) is 9.01. The van der Waals surface area contributed by atoms with Gasteiger partial charge in [0.1, 0.15) is 5.82 Å². The molecule has 2 rings (SSSR count). The number of aromatic carboxylic acids is 1. The second-order valence-corrected chi connectivity index (χ2v) is 4.66. The minimum Gasteiger partial charge on any atom is -0.475 e. The average molecular weight is 259 g/mol. The van der Waals surface area contributed by atoms with Gasteiger partial charge < -0.3 is 5.11 Å². The maximum absolute atomic E-state index is 11.0. The zero-order chi connectivity index (χ0) is 14.0. The lowest BCUT2D eigenvalue weighted by Crippen LogP contribution is -2.04. The number of hydrogen-bond donors (Lipinski definition) is 1. The third kappa shape index (κ3) is 2.81. The molecule has 5 heteroatoms. The topological polar surface area (TPSA) is 68.0 Å². The summed E-state index contributed by atoms with van der Waals surface area (Å²) in [6.07, 6.45) is 1.59. The molecule has 0 bridgehead atoms. The second-order valence-electron chi connectivity index (χ2n) is 4.66. The SMILES string of the molecule is CCCc1nc(C(=O)O)nn1-c1cc(C)cc(C)c1. The summed E-state index contributed by atoms with van der Waals surface area (Å²) in [7, 11) is 0. The number of benzene rings is 1. The molecule has 0 saturated carbocycles. The Labute approximate surface area is 111 Å². The van der Waals surface area contributed by atoms with E-state index in [4.69, 9.17) is 5.11 Å². The van der Waals surface area contributed by atoms with Crippen molar-refractivity contribution in [1.82, 2.24) is 14.8 Å². The van der Waals surface area contributed by atoms with Gasteiger partial charge in [-0.1, -0.05) is 13.0 Å². The molecule has 5 nitrogen and oxygen atoms in total. The van der Waals surface area contributed by atoms with Crippen molar-refractivity contribution in [2.45, 2.75) is 33.6 Å². The second kappa shape index (κ2) is 5.22. The summed E-state index contributed by atoms with van der Waals surface area (Å²) in [5, 5.41) is 13.1. The highest BCUT2D eigenvalue weighted by atomic mass is 16.4. The summed E-state index contributed by atoms with van der Waals surface area (Å²) in [6.45, 7) is 6.04. The minimum atomic E-state index is -1.10. The van der Waals surface area contributed by atoms with Gasteiger partial charge in [-0.2, -0.15) is 0 Å². The number of aromatic nitrogens is 3. The first-order valence-corrected chi connectivity index (χ1v) is 6.29. The molecule has 100 valence electrons. The maximum Gasteiger partial charge on any atom is 0.375 e. The number of nitrogens with zero attached hydrogens (tertiary/aromatic N) is 3. The van der Waals surface area contributed by atoms with Crippen molar-refractivity contribution in [3.8, 4) is 5.69 Å². The predicted molar refractivity (Wildman–Crippen MR) is 71.8 cm³/mol. The molecule has 0 amide bonds. The number of carbonyl (C=O) groups is 1. The molecular weight excluding hydrogens is 242 g/mol. The lowest BCUT2D eigenvalue weighted by atomic mass is 10.1. The van der Waals surface area contributed by atoms with Crippen molar-refractivity contribution in [3.63, 3.8) is 0 Å². The minimum absolute atomic E-state index is 0.150. The Kier molecular flexibility index (Phi) is 3.64. The summed E-state index contributed by atoms with van der Waals surface area (Å²) in [6, 6.07) is 6.02. The van der Waals surface area contributed by atoms with E-state index in [0.29, 0.717) is 12.2 Å². The molecule has 0 spiro atoms. The Morgan fingerprint density at radius 2 is 1.89 bits per heavy atom. The average Bonchev–Trinajstić information content (AvgIpc) is 2.72. The zero-order valence-electron chi connectivity index (χ0n) is 11.3. The molecule has 0 aliphatic carbocycles. The molecule has 0 aliphatic heterocycles. The monoisotopic (exact) mass is 259 g/mol. The van der Waals surface area contributed by atoms with Crippen LogP contribution in [0.2, 0.25) is 0 Å². The van der Waals surface area contributed by atoms with Crippen LogP contribution in [0.1, 0.15) is 40.9 Å². The molecule has 0 aliphatic rings. The lowest BCUT2D eigenvalue weighted by molar-refractivity contribution is 0.0683. The molecule has 0 atom stereocenters. The molecule has 0 unspecified atom stereocenters. The van der Waals surface area contributed by atoms with E-state index in [-0.39, 0.29) is 5.82 Å². The fraction of sp³-hybridized carbons (Fsp3) is 0.357. The third-order valence-corrected chi connectivity index (χ3v) is 2.79. The molecule has 1 aromatic heterocycles. The van der Waals surface area contributed by atoms with Crippen LogP contribution >= 0.6 is 0 Å². The van der Waals surface area contributed by atoms with Crippen LogP contribution < -0.4 is 0 Å². The molecular formula is C14H17N3O2. The molecule has 0 saturated heterocycles. The van der Waals surface area contributed by atoms with Crippen LogP contribution in [0.5, 0.6) is 0 Å². The maximum atomic E-state index is 11.0. The standard InChI is InChI=1S/C14H17N3O2/c1-4-5-12-15-13(14(18)19)16-17(12)11-7-9(2)6-10(3)8-11/h6-8H,4-5H2,1-3H3,(H,18,19). The van der Waals surface area contributed by atoms with Gasteiger partial charge in [-0.3, -0.25) is 0 Å². The Balaban J connectivity index is 2.55. The Morgan fingerprint density at radius 1 is 1.26 bits per heavy atom. The Morgan fingerprint density at radius 3 is 2.42 bits per heavy atom. The predicted octanol–water partition coefficient (Wildman–Crippen LogP) is 2.53. The van der Waals surface area contributed by atoms with E-state index in [1.54, 1.807) is 4.68 Å². The van der Waals surface area contributed by atoms with Crippen molar-refractivity contribution in [2.24, 2.45) is 0 Å². The number of aryl methyl sites for hydroxylation is 3. The summed E-state index contributed by atoms with van der Waals surface area (Å²) in [4.78, 5) is 15.1. The number of rotatable bonds is 4. The van der Waals surface area contributed by atoms with Gasteiger partial charge in [-0.15, -0.1) is 5.10 Å². The number of carboxylic acid groups (broad SMARTS) is 1. The zero-order valence-corrected chi connectivity index (χ0v) is 11.3. The molecule has 1 aromatic carbocycles. The smallest absolute Gasteiger partial charge is 0.375 e. The largest absolute Gasteiger partial charge is 0.475 e. The summed E-state index contributed by atoms with van der Waals surface area (Å²) in [5.41, 5.74) is 3.09. The molecule has 1 N–H and O–H groups in total. The van der Waals surface area contributed by atoms with Gasteiger partial charge in [0, 0.05) is 6.42 Å². The Hall–Kier alpha value is -2.17. The van der Waals surface area contributed by atoms with E-state index in [1.807, 2.05) is 32.9 Å². The van der Waals surface area contributed by atoms with Crippen LogP contribution in [0.15, 0.2) is 18.2 Å². The number of hydrogen-bond acceptors (Lipinski definition) is 3. The van der Waals surface area contributed by atoms with Gasteiger partial charge in [0.15, 0.2) is 0 Å². The van der Waals surface area contributed by atoms with Crippen molar-refractivity contribution < 1.29 is 9.90 Å². The highest BCUT2D eigenvalue weighted by Gasteiger charge is 2.16. The van der Waals surface area contributed by atoms with Gasteiger partial charge in [-0.25, -0.2) is 14.5 Å². The van der Waals surface area contributed by atoms with Crippen molar-refractivity contribution in [2.75, 3.05) is 0 Å². The first-order valence-electron chi connectivity index (χ1n) is 6.29. The van der Waals surface area contributed by atoms with Crippen LogP contribution in [0, 0.1) is 13.8 Å². The molecule has 0 fully saturated rings. The Bertz CT molecular complexity index is 597. The van der Waals surface area contributed by atoms with Gasteiger partial charge in [0.2, 0.25) is 0 Å². The summed E-state index contributed by atoms with van der Waals surface area (Å²) >= 11 is 0. The molecule has 19 heavy (non-hydrogen) atoms. The first kappa shape index (κ1) is 13.3. The van der Waals surface area contributed by atoms with Crippen molar-refractivity contribution in [1.29, 1.82) is 0 Å². The van der Waals surface area contributed by atoms with Gasteiger partial charge >= 0.3 is 5.97 Å². The fourth-order valence-electron chi connectivity index (χ4n) is 2.10. The van der Waals surface area contributed by atoms with Crippen LogP contribution in [0.25, 0.3) is 5.69 Å². The summed E-state index contributed by atoms with van der Waals surface area (Å²) < 4.78 is 1.63. The van der Waals surface area contributed by atoms with Gasteiger partial charge in [-0.05, 0) is 43.5 Å². The van der Waals surface area contributed by atoms with Crippen molar-refractivity contribution in [3.05, 3.63) is 41.0 Å². The van der Waals surface area contributed by atoms with Crippen LogP contribution in [0.4, 0.5) is 0 Å². The number of carboxylic acids is 1.